The van der Waals surface area contributed by atoms with Crippen LogP contribution in [0.1, 0.15) is 42.0 Å². The summed E-state index contributed by atoms with van der Waals surface area (Å²) in [5.41, 5.74) is 0. The minimum absolute atomic E-state index is 0.216. The molecule has 1 fully saturated rings. The van der Waals surface area contributed by atoms with E-state index in [0.29, 0.717) is 5.92 Å². The number of likely N-dealkylation sites (N-methyl/N-ethyl adjacent to an activating group) is 1. The van der Waals surface area contributed by atoms with Crippen LogP contribution in [0, 0.1) is 0 Å². The molecule has 0 saturated carbocycles. The molecule has 2 rings (SSSR count). The standard InChI is InChI=1S/C12H20N2OS/c1-3-14-5-4-10(7-14)12-13-6-11(16-12)9(2)8-15/h6,9-10,15H,3-5,7-8H2,1-2H3. The van der Waals surface area contributed by atoms with Crippen molar-refractivity contribution >= 4 is 11.3 Å². The third-order valence-corrected chi connectivity index (χ3v) is 4.76. The average Bonchev–Trinajstić information content (AvgIpc) is 2.95. The summed E-state index contributed by atoms with van der Waals surface area (Å²) in [6.45, 7) is 7.96. The largest absolute Gasteiger partial charge is 0.396 e. The summed E-state index contributed by atoms with van der Waals surface area (Å²) < 4.78 is 0. The van der Waals surface area contributed by atoms with Gasteiger partial charge in [0.15, 0.2) is 0 Å². The Morgan fingerprint density at radius 1 is 1.69 bits per heavy atom. The number of hydrogen-bond donors (Lipinski definition) is 1. The molecule has 0 bridgehead atoms. The SMILES string of the molecule is CCN1CCC(c2ncc(C(C)CO)s2)C1. The minimum atomic E-state index is 0.216. The molecule has 0 amide bonds. The zero-order valence-electron chi connectivity index (χ0n) is 10.0. The van der Waals surface area contributed by atoms with Gasteiger partial charge in [0.2, 0.25) is 0 Å². The minimum Gasteiger partial charge on any atom is -0.396 e. The van der Waals surface area contributed by atoms with Gasteiger partial charge in [0.05, 0.1) is 11.6 Å². The number of nitrogens with zero attached hydrogens (tertiary/aromatic N) is 2. The summed E-state index contributed by atoms with van der Waals surface area (Å²) >= 11 is 1.78. The molecular weight excluding hydrogens is 220 g/mol. The van der Waals surface area contributed by atoms with Gasteiger partial charge in [0.1, 0.15) is 0 Å². The fourth-order valence-electron chi connectivity index (χ4n) is 2.13. The molecule has 0 spiro atoms. The van der Waals surface area contributed by atoms with Crippen LogP contribution in [0.25, 0.3) is 0 Å². The number of hydrogen-bond acceptors (Lipinski definition) is 4. The van der Waals surface area contributed by atoms with Gasteiger partial charge in [-0.15, -0.1) is 11.3 Å². The lowest BCUT2D eigenvalue weighted by molar-refractivity contribution is 0.274. The van der Waals surface area contributed by atoms with Crippen molar-refractivity contribution in [1.29, 1.82) is 0 Å². The summed E-state index contributed by atoms with van der Waals surface area (Å²) in [5, 5.41) is 10.4. The van der Waals surface area contributed by atoms with Crippen LogP contribution in [-0.2, 0) is 0 Å². The number of aliphatic hydroxyl groups excluding tert-OH is 1. The topological polar surface area (TPSA) is 36.4 Å². The first-order valence-corrected chi connectivity index (χ1v) is 6.85. The second-order valence-corrected chi connectivity index (χ2v) is 5.66. The normalized spacial score (nSPS) is 23.8. The Labute approximate surface area is 101 Å². The highest BCUT2D eigenvalue weighted by Gasteiger charge is 2.25. The lowest BCUT2D eigenvalue weighted by Crippen LogP contribution is -2.19. The Kier molecular flexibility index (Phi) is 3.95. The highest BCUT2D eigenvalue weighted by Crippen LogP contribution is 2.32. The van der Waals surface area contributed by atoms with Crippen molar-refractivity contribution in [3.05, 3.63) is 16.1 Å². The molecule has 3 nitrogen and oxygen atoms in total. The van der Waals surface area contributed by atoms with Gasteiger partial charge in [0.25, 0.3) is 0 Å². The highest BCUT2D eigenvalue weighted by atomic mass is 32.1. The van der Waals surface area contributed by atoms with Gasteiger partial charge in [-0.05, 0) is 19.5 Å². The van der Waals surface area contributed by atoms with Crippen LogP contribution in [0.5, 0.6) is 0 Å². The van der Waals surface area contributed by atoms with E-state index in [4.69, 9.17) is 5.11 Å². The van der Waals surface area contributed by atoms with E-state index in [0.717, 1.165) is 13.1 Å². The third-order valence-electron chi connectivity index (χ3n) is 3.37. The Balaban J connectivity index is 2.02. The predicted octanol–water partition coefficient (Wildman–Crippen LogP) is 2.05. The molecule has 1 N–H and O–H groups in total. The lowest BCUT2D eigenvalue weighted by atomic mass is 10.1. The molecule has 90 valence electrons. The molecule has 2 atom stereocenters. The van der Waals surface area contributed by atoms with Gasteiger partial charge in [-0.2, -0.15) is 0 Å². The van der Waals surface area contributed by atoms with E-state index < -0.39 is 0 Å². The number of rotatable bonds is 4. The molecule has 2 unspecified atom stereocenters. The monoisotopic (exact) mass is 240 g/mol. The van der Waals surface area contributed by atoms with Crippen molar-refractivity contribution in [2.45, 2.75) is 32.1 Å². The molecule has 1 aliphatic rings. The van der Waals surface area contributed by atoms with E-state index in [-0.39, 0.29) is 12.5 Å². The number of aromatic nitrogens is 1. The molecule has 4 heteroatoms. The van der Waals surface area contributed by atoms with Crippen LogP contribution in [0.4, 0.5) is 0 Å². The number of aliphatic hydroxyl groups is 1. The fourth-order valence-corrected chi connectivity index (χ4v) is 3.22. The van der Waals surface area contributed by atoms with E-state index in [1.165, 1.54) is 22.9 Å². The van der Waals surface area contributed by atoms with Crippen LogP contribution >= 0.6 is 11.3 Å². The van der Waals surface area contributed by atoms with E-state index in [9.17, 15) is 0 Å². The Hall–Kier alpha value is -0.450. The first-order chi connectivity index (χ1) is 7.74. The van der Waals surface area contributed by atoms with E-state index >= 15 is 0 Å². The first-order valence-electron chi connectivity index (χ1n) is 6.03. The maximum atomic E-state index is 9.11. The van der Waals surface area contributed by atoms with Crippen LogP contribution in [-0.4, -0.2) is 41.2 Å². The van der Waals surface area contributed by atoms with Gasteiger partial charge >= 0.3 is 0 Å². The molecule has 0 aromatic carbocycles. The van der Waals surface area contributed by atoms with Crippen LogP contribution < -0.4 is 0 Å². The Morgan fingerprint density at radius 3 is 3.12 bits per heavy atom. The van der Waals surface area contributed by atoms with Crippen molar-refractivity contribution in [2.24, 2.45) is 0 Å². The van der Waals surface area contributed by atoms with Gasteiger partial charge < -0.3 is 10.0 Å². The summed E-state index contributed by atoms with van der Waals surface area (Å²) in [7, 11) is 0. The van der Waals surface area contributed by atoms with Gasteiger partial charge in [0, 0.05) is 29.5 Å². The summed E-state index contributed by atoms with van der Waals surface area (Å²) in [6.07, 6.45) is 3.17. The third kappa shape index (κ3) is 2.44. The second kappa shape index (κ2) is 5.25. The molecule has 1 aromatic rings. The summed E-state index contributed by atoms with van der Waals surface area (Å²) in [6, 6.07) is 0. The van der Waals surface area contributed by atoms with Crippen molar-refractivity contribution < 1.29 is 5.11 Å². The quantitative estimate of drug-likeness (QED) is 0.875. The van der Waals surface area contributed by atoms with E-state index in [1.54, 1.807) is 11.3 Å². The van der Waals surface area contributed by atoms with E-state index in [2.05, 4.69) is 16.8 Å². The molecule has 1 aromatic heterocycles. The van der Waals surface area contributed by atoms with Gasteiger partial charge in [-0.1, -0.05) is 13.8 Å². The Bertz CT molecular complexity index is 340. The molecule has 1 aliphatic heterocycles. The highest BCUT2D eigenvalue weighted by molar-refractivity contribution is 7.11. The molecular formula is C12H20N2OS. The van der Waals surface area contributed by atoms with Crippen LogP contribution in [0.2, 0.25) is 0 Å². The lowest BCUT2D eigenvalue weighted by Gasteiger charge is -2.11. The smallest absolute Gasteiger partial charge is 0.0971 e. The maximum absolute atomic E-state index is 9.11. The first kappa shape index (κ1) is 12.0. The average molecular weight is 240 g/mol. The van der Waals surface area contributed by atoms with Gasteiger partial charge in [-0.25, -0.2) is 4.98 Å². The molecule has 2 heterocycles. The van der Waals surface area contributed by atoms with Crippen molar-refractivity contribution in [3.63, 3.8) is 0 Å². The maximum Gasteiger partial charge on any atom is 0.0971 e. The summed E-state index contributed by atoms with van der Waals surface area (Å²) in [4.78, 5) is 8.21. The molecule has 0 aliphatic carbocycles. The zero-order chi connectivity index (χ0) is 11.5. The van der Waals surface area contributed by atoms with E-state index in [1.807, 2.05) is 13.1 Å². The Morgan fingerprint density at radius 2 is 2.50 bits per heavy atom. The second-order valence-electron chi connectivity index (χ2n) is 4.56. The molecule has 1 saturated heterocycles. The molecule has 0 radical (unpaired) electrons. The zero-order valence-corrected chi connectivity index (χ0v) is 10.8. The van der Waals surface area contributed by atoms with Gasteiger partial charge in [-0.3, -0.25) is 0 Å². The van der Waals surface area contributed by atoms with Crippen molar-refractivity contribution in [1.82, 2.24) is 9.88 Å². The number of thiazole rings is 1. The number of likely N-dealkylation sites (tertiary alicyclic amines) is 1. The van der Waals surface area contributed by atoms with Crippen molar-refractivity contribution in [3.8, 4) is 0 Å². The van der Waals surface area contributed by atoms with Crippen LogP contribution in [0.15, 0.2) is 6.20 Å². The summed E-state index contributed by atoms with van der Waals surface area (Å²) in [5.74, 6) is 0.847. The molecule has 16 heavy (non-hydrogen) atoms. The van der Waals surface area contributed by atoms with Crippen molar-refractivity contribution in [2.75, 3.05) is 26.2 Å². The predicted molar refractivity (Wildman–Crippen MR) is 67.1 cm³/mol. The van der Waals surface area contributed by atoms with Crippen LogP contribution in [0.3, 0.4) is 0 Å². The fraction of sp³-hybridized carbons (Fsp3) is 0.750.